The van der Waals surface area contributed by atoms with Crippen molar-refractivity contribution in [2.75, 3.05) is 5.73 Å². The smallest absolute Gasteiger partial charge is 0.333 e. The molecule has 0 radical (unpaired) electrons. The van der Waals surface area contributed by atoms with Crippen LogP contribution in [-0.4, -0.2) is 9.78 Å². The first-order valence-electron chi connectivity index (χ1n) is 2.82. The van der Waals surface area contributed by atoms with E-state index in [1.165, 1.54) is 6.92 Å². The fourth-order valence-electron chi connectivity index (χ4n) is 0.711. The van der Waals surface area contributed by atoms with Gasteiger partial charge in [-0.15, -0.1) is 5.10 Å². The van der Waals surface area contributed by atoms with Crippen molar-refractivity contribution in [3.63, 3.8) is 0 Å². The predicted molar refractivity (Wildman–Crippen MR) is 40.3 cm³/mol. The molecule has 0 unspecified atom stereocenters. The molecule has 1 rings (SSSR count). The van der Waals surface area contributed by atoms with Crippen LogP contribution in [0.3, 0.4) is 0 Å². The number of hydrogen-bond donors (Lipinski definition) is 1. The van der Waals surface area contributed by atoms with Gasteiger partial charge in [0.15, 0.2) is 5.82 Å². The highest BCUT2D eigenvalue weighted by molar-refractivity contribution is 9.10. The van der Waals surface area contributed by atoms with Gasteiger partial charge in [-0.2, -0.15) is 8.78 Å². The maximum absolute atomic E-state index is 12.0. The van der Waals surface area contributed by atoms with Gasteiger partial charge in [-0.25, -0.2) is 4.68 Å². The molecule has 0 saturated heterocycles. The first kappa shape index (κ1) is 8.45. The highest BCUT2D eigenvalue weighted by Gasteiger charge is 2.15. The molecule has 0 fully saturated rings. The molecule has 0 amide bonds. The minimum Gasteiger partial charge on any atom is -0.381 e. The molecule has 0 aliphatic carbocycles. The molecular formula is C5H6BrF2N3. The third-order valence-corrected chi connectivity index (χ3v) is 2.27. The topological polar surface area (TPSA) is 43.8 Å². The van der Waals surface area contributed by atoms with Gasteiger partial charge in [-0.3, -0.25) is 0 Å². The molecule has 6 heteroatoms. The summed E-state index contributed by atoms with van der Waals surface area (Å²) in [5, 5.41) is 3.41. The van der Waals surface area contributed by atoms with Crippen LogP contribution in [0, 0.1) is 6.92 Å². The fourth-order valence-corrected chi connectivity index (χ4v) is 0.972. The zero-order valence-electron chi connectivity index (χ0n) is 5.68. The van der Waals surface area contributed by atoms with Gasteiger partial charge in [-0.1, -0.05) is 0 Å². The number of halogens is 3. The minimum atomic E-state index is -2.64. The van der Waals surface area contributed by atoms with E-state index in [9.17, 15) is 8.78 Å². The molecule has 11 heavy (non-hydrogen) atoms. The molecule has 0 spiro atoms. The lowest BCUT2D eigenvalue weighted by Crippen LogP contribution is -2.02. The number of hydrogen-bond acceptors (Lipinski definition) is 2. The summed E-state index contributed by atoms with van der Waals surface area (Å²) >= 11 is 3.03. The third kappa shape index (κ3) is 1.35. The SMILES string of the molecule is Cc1c(Br)c(N)nn1C(F)F. The van der Waals surface area contributed by atoms with Crippen LogP contribution < -0.4 is 5.73 Å². The van der Waals surface area contributed by atoms with Crippen LogP contribution >= 0.6 is 15.9 Å². The Morgan fingerprint density at radius 1 is 1.64 bits per heavy atom. The second-order valence-corrected chi connectivity index (χ2v) is 2.80. The first-order valence-corrected chi connectivity index (χ1v) is 3.61. The summed E-state index contributed by atoms with van der Waals surface area (Å²) < 4.78 is 25.1. The number of nitrogens with zero attached hydrogens (tertiary/aromatic N) is 2. The monoisotopic (exact) mass is 225 g/mol. The van der Waals surface area contributed by atoms with E-state index in [-0.39, 0.29) is 5.82 Å². The molecule has 2 N–H and O–H groups in total. The number of alkyl halides is 2. The quantitative estimate of drug-likeness (QED) is 0.794. The Bertz CT molecular complexity index is 271. The number of anilines is 1. The molecule has 62 valence electrons. The Morgan fingerprint density at radius 2 is 2.18 bits per heavy atom. The van der Waals surface area contributed by atoms with Crippen molar-refractivity contribution in [2.24, 2.45) is 0 Å². The second-order valence-electron chi connectivity index (χ2n) is 2.01. The van der Waals surface area contributed by atoms with Crippen LogP contribution in [0.25, 0.3) is 0 Å². The summed E-state index contributed by atoms with van der Waals surface area (Å²) in [7, 11) is 0. The van der Waals surface area contributed by atoms with E-state index >= 15 is 0 Å². The minimum absolute atomic E-state index is 0.0859. The van der Waals surface area contributed by atoms with Crippen molar-refractivity contribution < 1.29 is 8.78 Å². The molecule has 0 saturated carbocycles. The van der Waals surface area contributed by atoms with Crippen molar-refractivity contribution >= 4 is 21.7 Å². The average Bonchev–Trinajstić information content (AvgIpc) is 2.17. The van der Waals surface area contributed by atoms with E-state index in [4.69, 9.17) is 5.73 Å². The lowest BCUT2D eigenvalue weighted by Gasteiger charge is -1.99. The largest absolute Gasteiger partial charge is 0.381 e. The van der Waals surface area contributed by atoms with Crippen LogP contribution in [0.1, 0.15) is 12.2 Å². The molecule has 3 nitrogen and oxygen atoms in total. The van der Waals surface area contributed by atoms with E-state index in [0.29, 0.717) is 14.8 Å². The molecule has 0 bridgehead atoms. The molecule has 1 aromatic heterocycles. The first-order chi connectivity index (χ1) is 5.04. The van der Waals surface area contributed by atoms with Gasteiger partial charge in [0.25, 0.3) is 0 Å². The molecule has 1 heterocycles. The van der Waals surface area contributed by atoms with Crippen molar-refractivity contribution in [3.05, 3.63) is 10.2 Å². The highest BCUT2D eigenvalue weighted by Crippen LogP contribution is 2.25. The molecule has 0 aliphatic heterocycles. The lowest BCUT2D eigenvalue weighted by molar-refractivity contribution is 0.0546. The summed E-state index contributed by atoms with van der Waals surface area (Å²) in [6, 6.07) is 0. The molecule has 0 atom stereocenters. The van der Waals surface area contributed by atoms with E-state index < -0.39 is 6.55 Å². The average molecular weight is 226 g/mol. The van der Waals surface area contributed by atoms with Gasteiger partial charge in [0.05, 0.1) is 10.2 Å². The zero-order valence-corrected chi connectivity index (χ0v) is 7.27. The molecule has 0 aromatic carbocycles. The maximum atomic E-state index is 12.0. The van der Waals surface area contributed by atoms with Crippen molar-refractivity contribution in [2.45, 2.75) is 13.5 Å². The number of rotatable bonds is 1. The number of nitrogens with two attached hydrogens (primary N) is 1. The van der Waals surface area contributed by atoms with Gasteiger partial charge >= 0.3 is 6.55 Å². The summed E-state index contributed by atoms with van der Waals surface area (Å²) in [5.74, 6) is 0.0859. The Labute approximate surface area is 70.3 Å². The Kier molecular flexibility index (Phi) is 2.12. The van der Waals surface area contributed by atoms with E-state index in [1.54, 1.807) is 0 Å². The van der Waals surface area contributed by atoms with Gasteiger partial charge < -0.3 is 5.73 Å². The molecule has 1 aromatic rings. The van der Waals surface area contributed by atoms with Crippen molar-refractivity contribution in [1.82, 2.24) is 9.78 Å². The van der Waals surface area contributed by atoms with Crippen LogP contribution in [0.4, 0.5) is 14.6 Å². The fraction of sp³-hybridized carbons (Fsp3) is 0.400. The molecule has 0 aliphatic rings. The predicted octanol–water partition coefficient (Wildman–Crippen LogP) is 1.93. The van der Waals surface area contributed by atoms with E-state index in [2.05, 4.69) is 21.0 Å². The Balaban J connectivity index is 3.19. The number of aromatic nitrogens is 2. The Hall–Kier alpha value is -0.650. The van der Waals surface area contributed by atoms with Gasteiger partial charge in [0.2, 0.25) is 0 Å². The maximum Gasteiger partial charge on any atom is 0.333 e. The van der Waals surface area contributed by atoms with Crippen LogP contribution in [0.15, 0.2) is 4.47 Å². The second kappa shape index (κ2) is 2.77. The Morgan fingerprint density at radius 3 is 2.36 bits per heavy atom. The summed E-state index contributed by atoms with van der Waals surface area (Å²) in [4.78, 5) is 0. The van der Waals surface area contributed by atoms with Gasteiger partial charge in [-0.05, 0) is 22.9 Å². The van der Waals surface area contributed by atoms with Crippen LogP contribution in [-0.2, 0) is 0 Å². The van der Waals surface area contributed by atoms with Crippen LogP contribution in [0.5, 0.6) is 0 Å². The zero-order chi connectivity index (χ0) is 8.59. The lowest BCUT2D eigenvalue weighted by atomic mass is 10.5. The van der Waals surface area contributed by atoms with E-state index in [0.717, 1.165) is 0 Å². The number of nitrogen functional groups attached to an aromatic ring is 1. The molecular weight excluding hydrogens is 220 g/mol. The van der Waals surface area contributed by atoms with Crippen molar-refractivity contribution in [3.8, 4) is 0 Å². The normalized spacial score (nSPS) is 11.0. The van der Waals surface area contributed by atoms with Gasteiger partial charge in [0, 0.05) is 0 Å². The summed E-state index contributed by atoms with van der Waals surface area (Å²) in [6.07, 6.45) is 0. The van der Waals surface area contributed by atoms with E-state index in [1.807, 2.05) is 0 Å². The standard InChI is InChI=1S/C5H6BrF2N3/c1-2-3(6)4(9)10-11(2)5(7)8/h5H,1H3,(H2,9,10). The van der Waals surface area contributed by atoms with Crippen molar-refractivity contribution in [1.29, 1.82) is 0 Å². The summed E-state index contributed by atoms with van der Waals surface area (Å²) in [5.41, 5.74) is 5.60. The van der Waals surface area contributed by atoms with Crippen LogP contribution in [0.2, 0.25) is 0 Å². The van der Waals surface area contributed by atoms with Gasteiger partial charge in [0.1, 0.15) is 0 Å². The highest BCUT2D eigenvalue weighted by atomic mass is 79.9. The summed E-state index contributed by atoms with van der Waals surface area (Å²) in [6.45, 7) is -1.12. The third-order valence-electron chi connectivity index (χ3n) is 1.29.